The molecule has 4 rings (SSSR count). The van der Waals surface area contributed by atoms with Crippen molar-refractivity contribution in [1.29, 1.82) is 0 Å². The van der Waals surface area contributed by atoms with Crippen molar-refractivity contribution in [1.82, 2.24) is 20.0 Å². The van der Waals surface area contributed by atoms with Crippen molar-refractivity contribution in [3.8, 4) is 0 Å². The van der Waals surface area contributed by atoms with Crippen LogP contribution >= 0.6 is 0 Å². The van der Waals surface area contributed by atoms with E-state index in [4.69, 9.17) is 4.52 Å². The maximum absolute atomic E-state index is 13.2. The number of rotatable bonds is 3. The van der Waals surface area contributed by atoms with Crippen LogP contribution in [0, 0.1) is 12.8 Å². The average molecular weight is 341 g/mol. The van der Waals surface area contributed by atoms with Gasteiger partial charge < -0.3 is 14.3 Å². The van der Waals surface area contributed by atoms with Gasteiger partial charge in [-0.05, 0) is 37.8 Å². The number of aromatic nitrogens is 3. The number of carbonyl (C=O) groups is 1. The number of hydrogen-bond donors (Lipinski definition) is 0. The fraction of sp³-hybridized carbons (Fsp3) is 0.556. The molecule has 0 aromatic carbocycles. The minimum atomic E-state index is -0.0461. The van der Waals surface area contributed by atoms with Gasteiger partial charge >= 0.3 is 0 Å². The van der Waals surface area contributed by atoms with E-state index < -0.39 is 0 Å². The van der Waals surface area contributed by atoms with Gasteiger partial charge in [-0.25, -0.2) is 4.98 Å². The molecule has 7 nitrogen and oxygen atoms in total. The molecule has 2 aromatic heterocycles. The average Bonchev–Trinajstić information content (AvgIpc) is 3.30. The highest BCUT2D eigenvalue weighted by atomic mass is 16.5. The molecule has 0 saturated carbocycles. The standard InChI is InChI=1S/C18H23N5O2/c1-13-20-17(21-25-13)15-7-5-11-23(15)18(24)14-6-4-10-22(12-14)16-8-2-3-9-19-16/h2-3,8-9,14-15H,4-7,10-12H2,1H3/t14-,15-/m1/s1. The van der Waals surface area contributed by atoms with Crippen LogP contribution in [0.2, 0.25) is 0 Å². The summed E-state index contributed by atoms with van der Waals surface area (Å²) < 4.78 is 5.11. The predicted octanol–water partition coefficient (Wildman–Crippen LogP) is 2.35. The molecule has 1 amide bonds. The summed E-state index contributed by atoms with van der Waals surface area (Å²) in [5.41, 5.74) is 0. The smallest absolute Gasteiger partial charge is 0.228 e. The van der Waals surface area contributed by atoms with E-state index in [2.05, 4.69) is 20.0 Å². The Morgan fingerprint density at radius 2 is 2.12 bits per heavy atom. The number of piperidine rings is 1. The Morgan fingerprint density at radius 3 is 2.88 bits per heavy atom. The summed E-state index contributed by atoms with van der Waals surface area (Å²) >= 11 is 0. The van der Waals surface area contributed by atoms with Crippen molar-refractivity contribution in [2.24, 2.45) is 5.92 Å². The lowest BCUT2D eigenvalue weighted by Crippen LogP contribution is -2.45. The Bertz CT molecular complexity index is 732. The second-order valence-corrected chi connectivity index (χ2v) is 6.83. The van der Waals surface area contributed by atoms with Crippen molar-refractivity contribution < 1.29 is 9.32 Å². The zero-order valence-electron chi connectivity index (χ0n) is 14.5. The van der Waals surface area contributed by atoms with Crippen LogP contribution < -0.4 is 4.90 Å². The van der Waals surface area contributed by atoms with Gasteiger partial charge in [0.1, 0.15) is 5.82 Å². The molecule has 2 fully saturated rings. The molecule has 0 aliphatic carbocycles. The molecule has 0 radical (unpaired) electrons. The van der Waals surface area contributed by atoms with Crippen molar-refractivity contribution in [3.05, 3.63) is 36.1 Å². The summed E-state index contributed by atoms with van der Waals surface area (Å²) in [6, 6.07) is 5.86. The molecule has 7 heteroatoms. The van der Waals surface area contributed by atoms with E-state index in [1.807, 2.05) is 23.1 Å². The Labute approximate surface area is 147 Å². The molecule has 2 aliphatic heterocycles. The molecule has 4 heterocycles. The van der Waals surface area contributed by atoms with Gasteiger partial charge in [0.25, 0.3) is 0 Å². The van der Waals surface area contributed by atoms with E-state index in [0.717, 1.165) is 51.1 Å². The fourth-order valence-corrected chi connectivity index (χ4v) is 3.91. The molecule has 2 atom stereocenters. The third kappa shape index (κ3) is 3.23. The minimum absolute atomic E-state index is 0.00403. The van der Waals surface area contributed by atoms with E-state index in [-0.39, 0.29) is 17.9 Å². The Kier molecular flexibility index (Phi) is 4.38. The van der Waals surface area contributed by atoms with Crippen LogP contribution in [-0.4, -0.2) is 45.6 Å². The van der Waals surface area contributed by atoms with Crippen molar-refractivity contribution in [2.75, 3.05) is 24.5 Å². The first kappa shape index (κ1) is 16.1. The summed E-state index contributed by atoms with van der Waals surface area (Å²) in [5.74, 6) is 2.36. The Hall–Kier alpha value is -2.44. The second-order valence-electron chi connectivity index (χ2n) is 6.83. The molecular weight excluding hydrogens is 318 g/mol. The number of hydrogen-bond acceptors (Lipinski definition) is 6. The lowest BCUT2D eigenvalue weighted by Gasteiger charge is -2.35. The van der Waals surface area contributed by atoms with Crippen LogP contribution in [0.4, 0.5) is 5.82 Å². The summed E-state index contributed by atoms with van der Waals surface area (Å²) in [6.07, 6.45) is 5.63. The summed E-state index contributed by atoms with van der Waals surface area (Å²) in [6.45, 7) is 4.24. The van der Waals surface area contributed by atoms with E-state index in [0.29, 0.717) is 11.7 Å². The van der Waals surface area contributed by atoms with E-state index in [9.17, 15) is 4.79 Å². The quantitative estimate of drug-likeness (QED) is 0.853. The third-order valence-corrected chi connectivity index (χ3v) is 5.12. The van der Waals surface area contributed by atoms with Crippen LogP contribution in [0.25, 0.3) is 0 Å². The maximum atomic E-state index is 13.2. The Morgan fingerprint density at radius 1 is 1.24 bits per heavy atom. The van der Waals surface area contributed by atoms with Crippen LogP contribution in [0.3, 0.4) is 0 Å². The van der Waals surface area contributed by atoms with Crippen molar-refractivity contribution >= 4 is 11.7 Å². The van der Waals surface area contributed by atoms with E-state index in [1.165, 1.54) is 0 Å². The molecule has 2 aliphatic rings. The van der Waals surface area contributed by atoms with E-state index >= 15 is 0 Å². The van der Waals surface area contributed by atoms with Gasteiger partial charge in [0.15, 0.2) is 5.82 Å². The number of amides is 1. The van der Waals surface area contributed by atoms with Crippen LogP contribution in [-0.2, 0) is 4.79 Å². The van der Waals surface area contributed by atoms with Crippen LogP contribution in [0.15, 0.2) is 28.9 Å². The molecule has 2 aromatic rings. The highest BCUT2D eigenvalue weighted by molar-refractivity contribution is 5.80. The van der Waals surface area contributed by atoms with Crippen molar-refractivity contribution in [3.63, 3.8) is 0 Å². The van der Waals surface area contributed by atoms with Gasteiger partial charge in [-0.1, -0.05) is 11.2 Å². The van der Waals surface area contributed by atoms with Gasteiger partial charge in [0, 0.05) is 32.8 Å². The number of carbonyl (C=O) groups excluding carboxylic acids is 1. The molecule has 0 bridgehead atoms. The number of likely N-dealkylation sites (tertiary alicyclic amines) is 1. The topological polar surface area (TPSA) is 75.4 Å². The molecular formula is C18H23N5O2. The zero-order chi connectivity index (χ0) is 17.2. The molecule has 2 saturated heterocycles. The largest absolute Gasteiger partial charge is 0.356 e. The second kappa shape index (κ2) is 6.82. The maximum Gasteiger partial charge on any atom is 0.228 e. The number of anilines is 1. The van der Waals surface area contributed by atoms with Crippen molar-refractivity contribution in [2.45, 2.75) is 38.6 Å². The normalized spacial score (nSPS) is 23.9. The van der Waals surface area contributed by atoms with Gasteiger partial charge in [0.2, 0.25) is 11.8 Å². The monoisotopic (exact) mass is 341 g/mol. The lowest BCUT2D eigenvalue weighted by molar-refractivity contribution is -0.137. The predicted molar refractivity (Wildman–Crippen MR) is 91.9 cm³/mol. The lowest BCUT2D eigenvalue weighted by atomic mass is 9.96. The summed E-state index contributed by atoms with van der Waals surface area (Å²) in [7, 11) is 0. The number of nitrogens with zero attached hydrogens (tertiary/aromatic N) is 5. The minimum Gasteiger partial charge on any atom is -0.356 e. The number of aryl methyl sites for hydroxylation is 1. The van der Waals surface area contributed by atoms with Crippen LogP contribution in [0.1, 0.15) is 43.4 Å². The highest BCUT2D eigenvalue weighted by Gasteiger charge is 2.37. The molecule has 0 unspecified atom stereocenters. The van der Waals surface area contributed by atoms with Gasteiger partial charge in [0.05, 0.1) is 12.0 Å². The van der Waals surface area contributed by atoms with Gasteiger partial charge in [-0.3, -0.25) is 4.79 Å². The molecule has 0 N–H and O–H groups in total. The highest BCUT2D eigenvalue weighted by Crippen LogP contribution is 2.33. The first-order valence-corrected chi connectivity index (χ1v) is 8.99. The molecule has 25 heavy (non-hydrogen) atoms. The van der Waals surface area contributed by atoms with Gasteiger partial charge in [-0.2, -0.15) is 4.98 Å². The van der Waals surface area contributed by atoms with Gasteiger partial charge in [-0.15, -0.1) is 0 Å². The molecule has 0 spiro atoms. The van der Waals surface area contributed by atoms with Crippen LogP contribution in [0.5, 0.6) is 0 Å². The summed E-state index contributed by atoms with van der Waals surface area (Å²) in [5, 5.41) is 4.04. The summed E-state index contributed by atoms with van der Waals surface area (Å²) in [4.78, 5) is 26.1. The SMILES string of the molecule is Cc1nc([C@H]2CCCN2C(=O)[C@@H]2CCCN(c3ccccn3)C2)no1. The van der Waals surface area contributed by atoms with E-state index in [1.54, 1.807) is 13.1 Å². The molecule has 132 valence electrons. The fourth-order valence-electron chi connectivity index (χ4n) is 3.91. The first-order valence-electron chi connectivity index (χ1n) is 8.99. The Balaban J connectivity index is 1.48. The number of pyridine rings is 1. The first-order chi connectivity index (χ1) is 12.2. The zero-order valence-corrected chi connectivity index (χ0v) is 14.5. The third-order valence-electron chi connectivity index (χ3n) is 5.12.